The van der Waals surface area contributed by atoms with Crippen LogP contribution in [0.3, 0.4) is 0 Å². The molecule has 0 spiro atoms. The Balaban J connectivity index is 1.57. The van der Waals surface area contributed by atoms with Crippen molar-refractivity contribution in [1.29, 1.82) is 0 Å². The Morgan fingerprint density at radius 3 is 2.41 bits per heavy atom. The van der Waals surface area contributed by atoms with Crippen LogP contribution in [0.15, 0.2) is 76.3 Å². The quantitative estimate of drug-likeness (QED) is 0.394. The molecule has 0 radical (unpaired) electrons. The molecule has 4 rings (SSSR count). The molecule has 34 heavy (non-hydrogen) atoms. The Morgan fingerprint density at radius 2 is 1.76 bits per heavy atom. The average Bonchev–Trinajstić information content (AvgIpc) is 3.16. The first-order valence-electron chi connectivity index (χ1n) is 11.4. The lowest BCUT2D eigenvalue weighted by Gasteiger charge is -2.35. The van der Waals surface area contributed by atoms with Crippen molar-refractivity contribution in [3.63, 3.8) is 0 Å². The third-order valence-electron chi connectivity index (χ3n) is 6.26. The van der Waals surface area contributed by atoms with Gasteiger partial charge in [0, 0.05) is 24.4 Å². The molecule has 1 unspecified atom stereocenters. The van der Waals surface area contributed by atoms with Gasteiger partial charge >= 0.3 is 0 Å². The first-order chi connectivity index (χ1) is 16.4. The van der Waals surface area contributed by atoms with Gasteiger partial charge in [0.15, 0.2) is 17.3 Å². The van der Waals surface area contributed by atoms with Crippen molar-refractivity contribution in [2.75, 3.05) is 19.1 Å². The fourth-order valence-electron chi connectivity index (χ4n) is 4.40. The molecule has 1 aliphatic heterocycles. The van der Waals surface area contributed by atoms with E-state index in [0.29, 0.717) is 13.2 Å². The van der Waals surface area contributed by atoms with Crippen LogP contribution >= 0.6 is 0 Å². The van der Waals surface area contributed by atoms with Gasteiger partial charge in [0.25, 0.3) is 0 Å². The van der Waals surface area contributed by atoms with Crippen LogP contribution in [0, 0.1) is 13.8 Å². The highest BCUT2D eigenvalue weighted by Gasteiger charge is 2.32. The zero-order valence-corrected chi connectivity index (χ0v) is 20.7. The lowest BCUT2D eigenvalue weighted by Crippen LogP contribution is -2.37. The minimum atomic E-state index is -0.0855. The largest absolute Gasteiger partial charge is 0.495 e. The molecule has 6 nitrogen and oxygen atoms in total. The number of methoxy groups -OCH3 is 2. The van der Waals surface area contributed by atoms with Crippen LogP contribution in [0.2, 0.25) is 0 Å². The van der Waals surface area contributed by atoms with E-state index in [-0.39, 0.29) is 6.04 Å². The third kappa shape index (κ3) is 4.59. The highest BCUT2D eigenvalue weighted by Crippen LogP contribution is 2.35. The molecule has 178 valence electrons. The van der Waals surface area contributed by atoms with Gasteiger partial charge in [-0.3, -0.25) is 0 Å². The van der Waals surface area contributed by atoms with E-state index in [9.17, 15) is 0 Å². The summed E-state index contributed by atoms with van der Waals surface area (Å²) >= 11 is 0. The Hall–Kier alpha value is -3.51. The molecule has 0 aliphatic carbocycles. The van der Waals surface area contributed by atoms with Crippen LogP contribution in [0.4, 0.5) is 5.82 Å². The molecule has 0 saturated carbocycles. The summed E-state index contributed by atoms with van der Waals surface area (Å²) in [6, 6.07) is 16.6. The molecule has 2 aromatic carbocycles. The Labute approximate surface area is 201 Å². The predicted molar refractivity (Wildman–Crippen MR) is 133 cm³/mol. The number of allylic oxidation sites excluding steroid dienone is 2. The number of nitrogens with zero attached hydrogens (tertiary/aromatic N) is 2. The second-order valence-electron chi connectivity index (χ2n) is 8.53. The molecular formula is C28H32N2O4. The van der Waals surface area contributed by atoms with Crippen molar-refractivity contribution in [2.24, 2.45) is 0 Å². The Kier molecular flexibility index (Phi) is 7.08. The Morgan fingerprint density at radius 1 is 1.00 bits per heavy atom. The SMILES string of the molecule is COCc1cc(COC2=C(OC)C(C)N(c3noc(C)c3C)C(C)=C2)ccc1-c1ccccc1. The number of benzene rings is 2. The smallest absolute Gasteiger partial charge is 0.180 e. The van der Waals surface area contributed by atoms with Crippen molar-refractivity contribution in [1.82, 2.24) is 5.16 Å². The first-order valence-corrected chi connectivity index (χ1v) is 11.4. The van der Waals surface area contributed by atoms with Gasteiger partial charge in [0.2, 0.25) is 0 Å². The van der Waals surface area contributed by atoms with Crippen molar-refractivity contribution in [3.8, 4) is 11.1 Å². The second-order valence-corrected chi connectivity index (χ2v) is 8.53. The molecule has 0 saturated heterocycles. The summed E-state index contributed by atoms with van der Waals surface area (Å²) in [7, 11) is 3.39. The summed E-state index contributed by atoms with van der Waals surface area (Å²) in [6.07, 6.45) is 2.00. The van der Waals surface area contributed by atoms with Crippen LogP contribution < -0.4 is 4.90 Å². The molecule has 0 bridgehead atoms. The van der Waals surface area contributed by atoms with Gasteiger partial charge in [-0.15, -0.1) is 0 Å². The lowest BCUT2D eigenvalue weighted by atomic mass is 9.98. The maximum Gasteiger partial charge on any atom is 0.180 e. The zero-order valence-electron chi connectivity index (χ0n) is 20.7. The van der Waals surface area contributed by atoms with Crippen LogP contribution in [-0.4, -0.2) is 25.4 Å². The number of hydrogen-bond donors (Lipinski definition) is 0. The molecule has 0 fully saturated rings. The van der Waals surface area contributed by atoms with E-state index in [1.165, 1.54) is 11.1 Å². The van der Waals surface area contributed by atoms with E-state index in [1.807, 2.05) is 45.0 Å². The average molecular weight is 461 g/mol. The molecular weight excluding hydrogens is 428 g/mol. The van der Waals surface area contributed by atoms with E-state index in [4.69, 9.17) is 18.7 Å². The molecule has 3 aromatic rings. The van der Waals surface area contributed by atoms with E-state index in [2.05, 4.69) is 47.3 Å². The summed E-state index contributed by atoms with van der Waals surface area (Å²) in [5, 5.41) is 4.27. The van der Waals surface area contributed by atoms with Gasteiger partial charge in [-0.05, 0) is 56.0 Å². The molecule has 1 atom stereocenters. The standard InChI is InChI=1S/C28H32N2O4/c1-18-14-26(27(32-6)20(3)30(18)28-19(2)21(4)34-29-28)33-16-22-12-13-25(24(15-22)17-31-5)23-10-8-7-9-11-23/h7-15,20H,16-17H2,1-6H3. The summed E-state index contributed by atoms with van der Waals surface area (Å²) in [5.74, 6) is 3.09. The predicted octanol–water partition coefficient (Wildman–Crippen LogP) is 6.29. The van der Waals surface area contributed by atoms with Gasteiger partial charge in [-0.1, -0.05) is 47.6 Å². The molecule has 1 aromatic heterocycles. The van der Waals surface area contributed by atoms with Gasteiger partial charge < -0.3 is 23.6 Å². The van der Waals surface area contributed by atoms with Crippen molar-refractivity contribution in [3.05, 3.63) is 94.3 Å². The highest BCUT2D eigenvalue weighted by atomic mass is 16.5. The fraction of sp³-hybridized carbons (Fsp3) is 0.321. The zero-order chi connectivity index (χ0) is 24.2. The van der Waals surface area contributed by atoms with Gasteiger partial charge in [-0.25, -0.2) is 0 Å². The van der Waals surface area contributed by atoms with E-state index in [0.717, 1.165) is 45.5 Å². The maximum atomic E-state index is 6.28. The minimum Gasteiger partial charge on any atom is -0.495 e. The van der Waals surface area contributed by atoms with E-state index >= 15 is 0 Å². The molecule has 6 heteroatoms. The van der Waals surface area contributed by atoms with Crippen LogP contribution in [0.1, 0.15) is 36.3 Å². The summed E-state index contributed by atoms with van der Waals surface area (Å²) in [5.41, 5.74) is 6.56. The van der Waals surface area contributed by atoms with Crippen LogP contribution in [0.25, 0.3) is 11.1 Å². The molecule has 2 heterocycles. The summed E-state index contributed by atoms with van der Waals surface area (Å²) < 4.78 is 22.9. The molecule has 0 amide bonds. The first kappa shape index (κ1) is 23.6. The lowest BCUT2D eigenvalue weighted by molar-refractivity contribution is 0.165. The second kappa shape index (κ2) is 10.2. The maximum absolute atomic E-state index is 6.28. The summed E-state index contributed by atoms with van der Waals surface area (Å²) in [6.45, 7) is 9.01. The van der Waals surface area contributed by atoms with Crippen molar-refractivity contribution in [2.45, 2.75) is 47.0 Å². The van der Waals surface area contributed by atoms with Crippen LogP contribution in [0.5, 0.6) is 0 Å². The Bertz CT molecular complexity index is 1210. The summed E-state index contributed by atoms with van der Waals surface area (Å²) in [4.78, 5) is 2.11. The van der Waals surface area contributed by atoms with Crippen molar-refractivity contribution >= 4 is 5.82 Å². The number of rotatable bonds is 8. The van der Waals surface area contributed by atoms with E-state index in [1.54, 1.807) is 14.2 Å². The van der Waals surface area contributed by atoms with E-state index < -0.39 is 0 Å². The monoisotopic (exact) mass is 460 g/mol. The highest BCUT2D eigenvalue weighted by molar-refractivity contribution is 5.67. The van der Waals surface area contributed by atoms with Crippen LogP contribution in [-0.2, 0) is 27.4 Å². The molecule has 1 aliphatic rings. The topological polar surface area (TPSA) is 57.0 Å². The number of ether oxygens (including phenoxy) is 3. The minimum absolute atomic E-state index is 0.0855. The normalized spacial score (nSPS) is 16.0. The number of aromatic nitrogens is 1. The molecule has 0 N–H and O–H groups in total. The number of anilines is 1. The number of hydrogen-bond acceptors (Lipinski definition) is 6. The van der Waals surface area contributed by atoms with Gasteiger partial charge in [-0.2, -0.15) is 0 Å². The van der Waals surface area contributed by atoms with Gasteiger partial charge in [0.1, 0.15) is 12.4 Å². The fourth-order valence-corrected chi connectivity index (χ4v) is 4.40. The number of aryl methyl sites for hydroxylation is 1. The van der Waals surface area contributed by atoms with Gasteiger partial charge in [0.05, 0.1) is 19.8 Å². The van der Waals surface area contributed by atoms with Crippen molar-refractivity contribution < 1.29 is 18.7 Å². The third-order valence-corrected chi connectivity index (χ3v) is 6.26.